The number of carbonyl (C=O) groups is 3. The number of carbonyl (C=O) groups excluding carboxylic acids is 3. The standard InChI is InChI=1S/C40H57N7O12P2/c1-26(2)47(27(3)4)60(55-20-15-19-41)59-31-29(18-21-61(51,56-24-53-37(49)39(5,6)7)57-25-54-38(50)40(8,9)10)58-36(32(31)52-11)46-23-44-30-33(42-22-43-34(30)46)45-35(48)28-16-13-12-14-17-28/h12-14,16-18,21-23,26-27,29,31-32,36H,15,20,24-25H2,1-11H3,(H,42,43,45,48)/b21-18+/t29-,31-,32-,36-,60?/m1/s1. The fourth-order valence-corrected chi connectivity index (χ4v) is 8.54. The number of methoxy groups -OCH3 is 1. The number of rotatable bonds is 20. The van der Waals surface area contributed by atoms with Gasteiger partial charge in [-0.2, -0.15) is 5.26 Å². The summed E-state index contributed by atoms with van der Waals surface area (Å²) in [4.78, 5) is 51.4. The molecule has 1 amide bonds. The topological polar surface area (TPSA) is 225 Å². The molecular weight excluding hydrogens is 832 g/mol. The SMILES string of the molecule is CO[C@@H]1[C@H](OP(OCCC#N)N(C(C)C)C(C)C)[C@@H](/C=C/P(=O)(OCOC(=O)C(C)(C)C)OCOC(=O)C(C)(C)C)O[C@H]1n1cnc2c(NC(=O)c3ccccc3)ncnc21. The predicted octanol–water partition coefficient (Wildman–Crippen LogP) is 7.49. The number of nitrogens with one attached hydrogen (secondary N) is 1. The van der Waals surface area contributed by atoms with Crippen molar-refractivity contribution in [1.29, 1.82) is 5.26 Å². The van der Waals surface area contributed by atoms with E-state index in [9.17, 15) is 24.2 Å². The maximum Gasteiger partial charge on any atom is 0.359 e. The van der Waals surface area contributed by atoms with Crippen LogP contribution < -0.4 is 5.32 Å². The fraction of sp³-hybridized carbons (Fsp3) is 0.575. The van der Waals surface area contributed by atoms with Crippen LogP contribution in [0.4, 0.5) is 5.82 Å². The lowest BCUT2D eigenvalue weighted by molar-refractivity contribution is -0.161. The van der Waals surface area contributed by atoms with Crippen LogP contribution >= 0.6 is 16.1 Å². The number of ether oxygens (including phenoxy) is 4. The van der Waals surface area contributed by atoms with Gasteiger partial charge < -0.3 is 33.3 Å². The highest BCUT2D eigenvalue weighted by atomic mass is 31.2. The van der Waals surface area contributed by atoms with E-state index in [1.807, 2.05) is 32.4 Å². The first kappa shape index (κ1) is 49.4. The number of anilines is 1. The van der Waals surface area contributed by atoms with Gasteiger partial charge in [-0.3, -0.25) is 32.6 Å². The van der Waals surface area contributed by atoms with Gasteiger partial charge in [0.1, 0.15) is 24.6 Å². The van der Waals surface area contributed by atoms with Crippen LogP contribution in [0.15, 0.2) is 54.9 Å². The van der Waals surface area contributed by atoms with E-state index in [0.717, 1.165) is 5.82 Å². The Morgan fingerprint density at radius 3 is 2.11 bits per heavy atom. The molecule has 1 aliphatic heterocycles. The van der Waals surface area contributed by atoms with Crippen LogP contribution in [0.5, 0.6) is 0 Å². The molecule has 334 valence electrons. The lowest BCUT2D eigenvalue weighted by atomic mass is 9.98. The van der Waals surface area contributed by atoms with E-state index < -0.39 is 82.9 Å². The maximum absolute atomic E-state index is 14.3. The van der Waals surface area contributed by atoms with Crippen LogP contribution in [0.3, 0.4) is 0 Å². The molecule has 1 fully saturated rings. The second kappa shape index (κ2) is 21.7. The van der Waals surface area contributed by atoms with Gasteiger partial charge in [-0.25, -0.2) is 19.6 Å². The third kappa shape index (κ3) is 13.4. The van der Waals surface area contributed by atoms with Gasteiger partial charge >= 0.3 is 19.5 Å². The zero-order valence-electron chi connectivity index (χ0n) is 36.5. The molecule has 0 bridgehead atoms. The Kier molecular flexibility index (Phi) is 17.6. The molecule has 0 aliphatic carbocycles. The van der Waals surface area contributed by atoms with Crippen molar-refractivity contribution in [2.45, 2.75) is 112 Å². The van der Waals surface area contributed by atoms with Gasteiger partial charge in [0.2, 0.25) is 13.6 Å². The van der Waals surface area contributed by atoms with Crippen LogP contribution in [-0.4, -0.2) is 99.7 Å². The summed E-state index contributed by atoms with van der Waals surface area (Å²) in [5.41, 5.74) is -0.815. The second-order valence-corrected chi connectivity index (χ2v) is 19.7. The van der Waals surface area contributed by atoms with E-state index in [2.05, 4.69) is 26.3 Å². The average molecular weight is 890 g/mol. The number of imidazole rings is 1. The molecule has 0 saturated carbocycles. The fourth-order valence-electron chi connectivity index (χ4n) is 5.76. The molecule has 1 unspecified atom stereocenters. The summed E-state index contributed by atoms with van der Waals surface area (Å²) in [5, 5.41) is 12.1. The first-order valence-corrected chi connectivity index (χ1v) is 22.3. The van der Waals surface area contributed by atoms with Crippen molar-refractivity contribution in [2.75, 3.05) is 32.6 Å². The number of hydrogen-bond donors (Lipinski definition) is 1. The molecule has 19 nitrogen and oxygen atoms in total. The van der Waals surface area contributed by atoms with Gasteiger partial charge in [0.05, 0.1) is 36.3 Å². The summed E-state index contributed by atoms with van der Waals surface area (Å²) in [7, 11) is -4.80. The number of fused-ring (bicyclic) bond motifs is 1. The van der Waals surface area contributed by atoms with Gasteiger partial charge in [0.15, 0.2) is 23.2 Å². The van der Waals surface area contributed by atoms with Crippen LogP contribution in [0.1, 0.15) is 92.2 Å². The number of amides is 1. The van der Waals surface area contributed by atoms with Crippen molar-refractivity contribution in [2.24, 2.45) is 10.8 Å². The first-order chi connectivity index (χ1) is 28.7. The van der Waals surface area contributed by atoms with Crippen molar-refractivity contribution in [1.82, 2.24) is 24.2 Å². The monoisotopic (exact) mass is 889 g/mol. The summed E-state index contributed by atoms with van der Waals surface area (Å²) in [5.74, 6) is -0.386. The van der Waals surface area contributed by atoms with Crippen LogP contribution in [0.2, 0.25) is 0 Å². The number of nitriles is 1. The largest absolute Gasteiger partial charge is 0.438 e. The number of aromatic nitrogens is 4. The van der Waals surface area contributed by atoms with Crippen molar-refractivity contribution >= 4 is 50.9 Å². The highest BCUT2D eigenvalue weighted by Crippen LogP contribution is 2.53. The summed E-state index contributed by atoms with van der Waals surface area (Å²) < 4.78 is 65.3. The smallest absolute Gasteiger partial charge is 0.359 e. The lowest BCUT2D eigenvalue weighted by Gasteiger charge is -2.38. The normalized spacial score (nSPS) is 19.2. The Labute approximate surface area is 357 Å². The van der Waals surface area contributed by atoms with E-state index in [1.165, 1.54) is 25.8 Å². The molecule has 61 heavy (non-hydrogen) atoms. The molecule has 1 saturated heterocycles. The number of benzene rings is 1. The Bertz CT molecular complexity index is 2020. The van der Waals surface area contributed by atoms with E-state index in [0.29, 0.717) is 5.56 Å². The van der Waals surface area contributed by atoms with Gasteiger partial charge in [-0.1, -0.05) is 18.2 Å². The van der Waals surface area contributed by atoms with Crippen molar-refractivity contribution in [3.8, 4) is 6.07 Å². The molecule has 1 aliphatic rings. The maximum atomic E-state index is 14.3. The molecule has 3 heterocycles. The minimum Gasteiger partial charge on any atom is -0.438 e. The molecule has 5 atom stereocenters. The van der Waals surface area contributed by atoms with E-state index in [4.69, 9.17) is 37.0 Å². The number of hydrogen-bond acceptors (Lipinski definition) is 17. The van der Waals surface area contributed by atoms with E-state index in [-0.39, 0.29) is 42.1 Å². The number of nitrogens with zero attached hydrogens (tertiary/aromatic N) is 6. The minimum atomic E-state index is -4.38. The van der Waals surface area contributed by atoms with Gasteiger partial charge in [-0.05, 0) is 87.4 Å². The van der Waals surface area contributed by atoms with Crippen molar-refractivity contribution < 1.29 is 56.0 Å². The molecule has 4 rings (SSSR count). The Morgan fingerprint density at radius 1 is 0.967 bits per heavy atom. The molecular formula is C40H57N7O12P2. The Hall–Kier alpha value is -4.21. The second-order valence-electron chi connectivity index (χ2n) is 16.4. The Morgan fingerprint density at radius 2 is 1.57 bits per heavy atom. The van der Waals surface area contributed by atoms with Crippen LogP contribution in [-0.2, 0) is 51.2 Å². The molecule has 0 spiro atoms. The molecule has 2 aromatic heterocycles. The highest BCUT2D eigenvalue weighted by molar-refractivity contribution is 7.57. The molecule has 1 N–H and O–H groups in total. The minimum absolute atomic E-state index is 0.0613. The average Bonchev–Trinajstić information content (AvgIpc) is 3.77. The van der Waals surface area contributed by atoms with Crippen LogP contribution in [0, 0.1) is 22.2 Å². The molecule has 1 aromatic carbocycles. The third-order valence-electron chi connectivity index (χ3n) is 8.80. The van der Waals surface area contributed by atoms with Gasteiger partial charge in [0, 0.05) is 30.6 Å². The summed E-state index contributed by atoms with van der Waals surface area (Å²) in [6.45, 7) is 16.4. The molecule has 0 radical (unpaired) electrons. The van der Waals surface area contributed by atoms with Gasteiger partial charge in [-0.15, -0.1) is 0 Å². The van der Waals surface area contributed by atoms with Crippen LogP contribution in [0.25, 0.3) is 11.2 Å². The molecule has 3 aromatic rings. The van der Waals surface area contributed by atoms with Crippen molar-refractivity contribution in [3.05, 3.63) is 60.4 Å². The summed E-state index contributed by atoms with van der Waals surface area (Å²) in [6, 6.07) is 10.6. The van der Waals surface area contributed by atoms with E-state index in [1.54, 1.807) is 76.4 Å². The zero-order chi connectivity index (χ0) is 45.1. The zero-order valence-corrected chi connectivity index (χ0v) is 38.3. The lowest BCUT2D eigenvalue weighted by Crippen LogP contribution is -2.39. The van der Waals surface area contributed by atoms with E-state index >= 15 is 0 Å². The predicted molar refractivity (Wildman–Crippen MR) is 224 cm³/mol. The first-order valence-electron chi connectivity index (χ1n) is 19.6. The Balaban J connectivity index is 1.76. The van der Waals surface area contributed by atoms with Crippen molar-refractivity contribution in [3.63, 3.8) is 0 Å². The third-order valence-corrected chi connectivity index (χ3v) is 12.4. The summed E-state index contributed by atoms with van der Waals surface area (Å²) in [6.07, 6.45) is 0.235. The van der Waals surface area contributed by atoms with Gasteiger partial charge in [0.25, 0.3) is 14.4 Å². The quantitative estimate of drug-likeness (QED) is 0.0502. The summed E-state index contributed by atoms with van der Waals surface area (Å²) >= 11 is 0. The highest BCUT2D eigenvalue weighted by Gasteiger charge is 2.49. The molecule has 21 heteroatoms. The number of esters is 2.